The molecule has 1 aliphatic rings. The molecule has 0 aliphatic carbocycles. The molecule has 0 bridgehead atoms. The number of rotatable bonds is 4. The lowest BCUT2D eigenvalue weighted by atomic mass is 9.95. The number of para-hydroxylation sites is 1. The number of aromatic nitrogens is 2. The van der Waals surface area contributed by atoms with Crippen LogP contribution in [0.3, 0.4) is 0 Å². The minimum Gasteiger partial charge on any atom is -0.507 e. The molecule has 0 saturated carbocycles. The van der Waals surface area contributed by atoms with Crippen LogP contribution in [0.2, 0.25) is 0 Å². The first-order chi connectivity index (χ1) is 12.7. The zero-order valence-corrected chi connectivity index (χ0v) is 14.6. The van der Waals surface area contributed by atoms with Gasteiger partial charge in [0, 0.05) is 17.7 Å². The fraction of sp³-hybridized carbons (Fsp3) is 0.200. The monoisotopic (exact) mass is 349 g/mol. The van der Waals surface area contributed by atoms with Gasteiger partial charge in [0.15, 0.2) is 0 Å². The Morgan fingerprint density at radius 3 is 2.77 bits per heavy atom. The lowest BCUT2D eigenvalue weighted by molar-refractivity contribution is 0.0753. The molecule has 0 saturated heterocycles. The maximum Gasteiger partial charge on any atom is 0.273 e. The molecule has 1 amide bonds. The quantitative estimate of drug-likeness (QED) is 0.757. The van der Waals surface area contributed by atoms with E-state index in [0.717, 1.165) is 16.9 Å². The number of hydrogen-bond acceptors (Lipinski definition) is 4. The van der Waals surface area contributed by atoms with Crippen LogP contribution >= 0.6 is 0 Å². The molecule has 3 aromatic rings. The number of benzene rings is 2. The Morgan fingerprint density at radius 2 is 2.04 bits per heavy atom. The van der Waals surface area contributed by atoms with Gasteiger partial charge in [-0.05, 0) is 36.8 Å². The van der Waals surface area contributed by atoms with E-state index >= 15 is 0 Å². The number of nitrogens with zero attached hydrogens (tertiary/aromatic N) is 2. The fourth-order valence-electron chi connectivity index (χ4n) is 3.56. The van der Waals surface area contributed by atoms with Crippen molar-refractivity contribution in [3.63, 3.8) is 0 Å². The molecule has 1 aliphatic heterocycles. The molecule has 0 spiro atoms. The Labute approximate surface area is 151 Å². The molecule has 1 atom stereocenters. The van der Waals surface area contributed by atoms with Crippen molar-refractivity contribution in [2.24, 2.45) is 0 Å². The van der Waals surface area contributed by atoms with E-state index in [1.165, 1.54) is 0 Å². The highest BCUT2D eigenvalue weighted by molar-refractivity contribution is 6.00. The summed E-state index contributed by atoms with van der Waals surface area (Å²) in [5, 5.41) is 17.5. The number of ether oxygens (including phenoxy) is 1. The molecule has 132 valence electrons. The molecule has 6 nitrogen and oxygen atoms in total. The van der Waals surface area contributed by atoms with Gasteiger partial charge in [0.25, 0.3) is 5.91 Å². The summed E-state index contributed by atoms with van der Waals surface area (Å²) in [7, 11) is 1.62. The number of fused-ring (bicyclic) bond motifs is 1. The van der Waals surface area contributed by atoms with Crippen LogP contribution in [0, 0.1) is 0 Å². The summed E-state index contributed by atoms with van der Waals surface area (Å²) in [5.41, 5.74) is 3.39. The number of hydrogen-bond donors (Lipinski definition) is 2. The molecule has 6 heteroatoms. The van der Waals surface area contributed by atoms with Crippen molar-refractivity contribution in [1.82, 2.24) is 15.1 Å². The fourth-order valence-corrected chi connectivity index (χ4v) is 3.56. The summed E-state index contributed by atoms with van der Waals surface area (Å²) < 4.78 is 5.35. The molecule has 0 radical (unpaired) electrons. The van der Waals surface area contributed by atoms with E-state index in [1.54, 1.807) is 30.2 Å². The Hall–Kier alpha value is -3.28. The van der Waals surface area contributed by atoms with E-state index in [0.29, 0.717) is 23.5 Å². The van der Waals surface area contributed by atoms with Gasteiger partial charge >= 0.3 is 0 Å². The Kier molecular flexibility index (Phi) is 3.88. The molecule has 0 unspecified atom stereocenters. The molecule has 2 heterocycles. The second-order valence-electron chi connectivity index (χ2n) is 6.15. The minimum atomic E-state index is -0.286. The SMILES string of the molecule is CCN1C(=O)c2[nH]nc(-c3ccccc3O)c2[C@@H]1c1cccc(OC)c1. The number of aromatic amines is 1. The average Bonchev–Trinajstić information content (AvgIpc) is 3.21. The Bertz CT molecular complexity index is 980. The van der Waals surface area contributed by atoms with Crippen molar-refractivity contribution in [2.45, 2.75) is 13.0 Å². The molecular formula is C20H19N3O3. The number of nitrogens with one attached hydrogen (secondary N) is 1. The number of aromatic hydroxyl groups is 1. The van der Waals surface area contributed by atoms with Crippen LogP contribution in [0.1, 0.15) is 34.6 Å². The van der Waals surface area contributed by atoms with Crippen molar-refractivity contribution < 1.29 is 14.6 Å². The van der Waals surface area contributed by atoms with E-state index in [1.807, 2.05) is 37.3 Å². The van der Waals surface area contributed by atoms with Crippen LogP contribution < -0.4 is 4.74 Å². The number of H-pyrrole nitrogens is 1. The standard InChI is InChI=1S/C20H19N3O3/c1-3-23-19(12-7-6-8-13(11-12)26-2)16-17(21-22-18(16)20(23)25)14-9-4-5-10-15(14)24/h4-11,19,24H,3H2,1-2H3,(H,21,22)/t19-/m0/s1. The van der Waals surface area contributed by atoms with E-state index in [2.05, 4.69) is 10.2 Å². The first-order valence-corrected chi connectivity index (χ1v) is 8.47. The molecular weight excluding hydrogens is 330 g/mol. The third-order valence-electron chi connectivity index (χ3n) is 4.77. The van der Waals surface area contributed by atoms with Gasteiger partial charge in [0.2, 0.25) is 0 Å². The van der Waals surface area contributed by atoms with Crippen LogP contribution in [0.5, 0.6) is 11.5 Å². The van der Waals surface area contributed by atoms with E-state index in [-0.39, 0.29) is 17.7 Å². The van der Waals surface area contributed by atoms with Crippen LogP contribution in [0.4, 0.5) is 0 Å². The van der Waals surface area contributed by atoms with Crippen LogP contribution in [0.25, 0.3) is 11.3 Å². The molecule has 0 fully saturated rings. The number of phenols is 1. The molecule has 2 aromatic carbocycles. The lowest BCUT2D eigenvalue weighted by Crippen LogP contribution is -2.29. The van der Waals surface area contributed by atoms with Crippen molar-refractivity contribution in [3.8, 4) is 22.8 Å². The van der Waals surface area contributed by atoms with Gasteiger partial charge < -0.3 is 14.7 Å². The van der Waals surface area contributed by atoms with Crippen LogP contribution in [-0.4, -0.2) is 39.8 Å². The lowest BCUT2D eigenvalue weighted by Gasteiger charge is -2.25. The second-order valence-corrected chi connectivity index (χ2v) is 6.15. The predicted molar refractivity (Wildman–Crippen MR) is 97.2 cm³/mol. The maximum absolute atomic E-state index is 12.9. The topological polar surface area (TPSA) is 78.5 Å². The van der Waals surface area contributed by atoms with Gasteiger partial charge in [-0.1, -0.05) is 24.3 Å². The summed E-state index contributed by atoms with van der Waals surface area (Å²) >= 11 is 0. The normalized spacial score (nSPS) is 16.0. The minimum absolute atomic E-state index is 0.0931. The summed E-state index contributed by atoms with van der Waals surface area (Å²) in [5.74, 6) is 0.769. The molecule has 1 aromatic heterocycles. The number of amides is 1. The first-order valence-electron chi connectivity index (χ1n) is 8.47. The van der Waals surface area contributed by atoms with Gasteiger partial charge in [-0.15, -0.1) is 0 Å². The van der Waals surface area contributed by atoms with Crippen LogP contribution in [0.15, 0.2) is 48.5 Å². The van der Waals surface area contributed by atoms with E-state index < -0.39 is 0 Å². The third kappa shape index (κ3) is 2.34. The Morgan fingerprint density at radius 1 is 1.23 bits per heavy atom. The smallest absolute Gasteiger partial charge is 0.273 e. The van der Waals surface area contributed by atoms with Gasteiger partial charge in [0.1, 0.15) is 22.9 Å². The molecule has 26 heavy (non-hydrogen) atoms. The van der Waals surface area contributed by atoms with Gasteiger partial charge in [-0.2, -0.15) is 5.10 Å². The highest BCUT2D eigenvalue weighted by Crippen LogP contribution is 2.44. The maximum atomic E-state index is 12.9. The van der Waals surface area contributed by atoms with Crippen molar-refractivity contribution in [3.05, 3.63) is 65.4 Å². The number of methoxy groups -OCH3 is 1. The van der Waals surface area contributed by atoms with Crippen molar-refractivity contribution >= 4 is 5.91 Å². The largest absolute Gasteiger partial charge is 0.507 e. The summed E-state index contributed by atoms with van der Waals surface area (Å²) in [4.78, 5) is 14.6. The van der Waals surface area contributed by atoms with Gasteiger partial charge in [-0.25, -0.2) is 0 Å². The third-order valence-corrected chi connectivity index (χ3v) is 4.77. The van der Waals surface area contributed by atoms with E-state index in [9.17, 15) is 9.90 Å². The van der Waals surface area contributed by atoms with Gasteiger partial charge in [-0.3, -0.25) is 9.89 Å². The van der Waals surface area contributed by atoms with Crippen molar-refractivity contribution in [2.75, 3.05) is 13.7 Å². The second kappa shape index (κ2) is 6.22. The molecule has 4 rings (SSSR count). The first kappa shape index (κ1) is 16.2. The zero-order valence-electron chi connectivity index (χ0n) is 14.6. The summed E-state index contributed by atoms with van der Waals surface area (Å²) in [6, 6.07) is 14.4. The van der Waals surface area contributed by atoms with E-state index in [4.69, 9.17) is 4.74 Å². The average molecular weight is 349 g/mol. The summed E-state index contributed by atoms with van der Waals surface area (Å²) in [6.45, 7) is 2.51. The van der Waals surface area contributed by atoms with Crippen molar-refractivity contribution in [1.29, 1.82) is 0 Å². The number of phenolic OH excluding ortho intramolecular Hbond substituents is 1. The predicted octanol–water partition coefficient (Wildman–Crippen LogP) is 3.36. The zero-order chi connectivity index (χ0) is 18.3. The van der Waals surface area contributed by atoms with Crippen LogP contribution in [-0.2, 0) is 0 Å². The number of carbonyl (C=O) groups excluding carboxylic acids is 1. The summed E-state index contributed by atoms with van der Waals surface area (Å²) in [6.07, 6.45) is 0. The van der Waals surface area contributed by atoms with Gasteiger partial charge in [0.05, 0.1) is 13.2 Å². The highest BCUT2D eigenvalue weighted by Gasteiger charge is 2.41. The molecule has 2 N–H and O–H groups in total. The highest BCUT2D eigenvalue weighted by atomic mass is 16.5. The Balaban J connectivity index is 1.93. The number of carbonyl (C=O) groups is 1.